The number of nitrogens with zero attached hydrogens (tertiary/aromatic N) is 4. The fraction of sp³-hybridized carbons (Fsp3) is 0.541. The highest BCUT2D eigenvalue weighted by Gasteiger charge is 2.32. The number of likely N-dealkylation sites (N-methyl/N-ethyl adjacent to an activating group) is 1. The number of fused-ring (bicyclic) bond motifs is 3. The van der Waals surface area contributed by atoms with E-state index in [0.717, 1.165) is 79.5 Å². The standard InChI is InChI=1S/C37H47N5O8S/c1-23-16-32(40-15-14-39(3)27(20-40)22-48-4)24(2)34-33(23)30-10-13-41(21-31(30)37(45)50-34)36(44)26-17-25(18-29(19-26)49-28-8-7-9-28)35(43)38-51(46,47)42-11-5-6-12-42/h16-19,27-28H,5-15,20-22H2,1-4H3,(H,38,43)/t27-/m1/s1. The summed E-state index contributed by atoms with van der Waals surface area (Å²) >= 11 is 0. The lowest BCUT2D eigenvalue weighted by atomic mass is 9.92. The van der Waals surface area contributed by atoms with Gasteiger partial charge in [0.15, 0.2) is 0 Å². The topological polar surface area (TPSA) is 142 Å². The van der Waals surface area contributed by atoms with Crippen molar-refractivity contribution in [3.63, 3.8) is 0 Å². The molecule has 1 atom stereocenters. The largest absolute Gasteiger partial charge is 0.490 e. The number of methoxy groups -OCH3 is 1. The highest BCUT2D eigenvalue weighted by molar-refractivity contribution is 7.87. The number of rotatable bonds is 9. The molecule has 0 radical (unpaired) electrons. The van der Waals surface area contributed by atoms with Crippen LogP contribution >= 0.6 is 0 Å². The number of hydrogen-bond donors (Lipinski definition) is 1. The van der Waals surface area contributed by atoms with Crippen LogP contribution in [0.3, 0.4) is 0 Å². The number of piperazine rings is 1. The number of benzene rings is 2. The fourth-order valence-corrected chi connectivity index (χ4v) is 8.97. The summed E-state index contributed by atoms with van der Waals surface area (Å²) in [5, 5.41) is 0.912. The van der Waals surface area contributed by atoms with Crippen molar-refractivity contribution in [2.24, 2.45) is 0 Å². The number of hydrogen-bond acceptors (Lipinski definition) is 10. The Morgan fingerprint density at radius 3 is 2.41 bits per heavy atom. The van der Waals surface area contributed by atoms with Gasteiger partial charge in [-0.25, -0.2) is 9.52 Å². The van der Waals surface area contributed by atoms with Crippen molar-refractivity contribution in [1.29, 1.82) is 0 Å². The average molecular weight is 722 g/mol. The Hall–Kier alpha value is -3.98. The van der Waals surface area contributed by atoms with Crippen molar-refractivity contribution in [3.8, 4) is 5.75 Å². The van der Waals surface area contributed by atoms with Gasteiger partial charge in [-0.2, -0.15) is 12.7 Å². The Bertz CT molecular complexity index is 2020. The summed E-state index contributed by atoms with van der Waals surface area (Å²) in [6.07, 6.45) is 4.64. The van der Waals surface area contributed by atoms with Crippen LogP contribution in [-0.2, 0) is 27.9 Å². The molecular formula is C37H47N5O8S. The second kappa shape index (κ2) is 14.2. The minimum absolute atomic E-state index is 0.0108. The van der Waals surface area contributed by atoms with Crippen LogP contribution in [-0.4, -0.2) is 107 Å². The van der Waals surface area contributed by atoms with Crippen LogP contribution in [0, 0.1) is 13.8 Å². The second-order valence-corrected chi connectivity index (χ2v) is 16.0. The maximum atomic E-state index is 14.1. The first-order valence-corrected chi connectivity index (χ1v) is 19.3. The number of carbonyl (C=O) groups excluding carboxylic acids is 2. The smallest absolute Gasteiger partial charge is 0.341 e. The molecule has 1 aromatic heterocycles. The second-order valence-electron chi connectivity index (χ2n) is 14.4. The van der Waals surface area contributed by atoms with E-state index in [1.165, 1.54) is 16.4 Å². The Morgan fingerprint density at radius 2 is 1.71 bits per heavy atom. The minimum atomic E-state index is -4.03. The summed E-state index contributed by atoms with van der Waals surface area (Å²) in [4.78, 5) is 47.2. The monoisotopic (exact) mass is 721 g/mol. The van der Waals surface area contributed by atoms with Crippen LogP contribution in [0.2, 0.25) is 0 Å². The van der Waals surface area contributed by atoms with E-state index in [4.69, 9.17) is 13.9 Å². The molecule has 2 saturated heterocycles. The van der Waals surface area contributed by atoms with E-state index < -0.39 is 21.7 Å². The number of nitrogens with one attached hydrogen (secondary N) is 1. The first kappa shape index (κ1) is 35.4. The number of amides is 2. The molecule has 0 spiro atoms. The Morgan fingerprint density at radius 1 is 0.961 bits per heavy atom. The van der Waals surface area contributed by atoms with Crippen molar-refractivity contribution in [2.45, 2.75) is 71.1 Å². The molecule has 51 heavy (non-hydrogen) atoms. The zero-order chi connectivity index (χ0) is 36.0. The van der Waals surface area contributed by atoms with Gasteiger partial charge >= 0.3 is 15.8 Å². The van der Waals surface area contributed by atoms with E-state index in [1.807, 2.05) is 13.8 Å². The van der Waals surface area contributed by atoms with Crippen LogP contribution in [0.4, 0.5) is 5.69 Å². The maximum Gasteiger partial charge on any atom is 0.341 e. The van der Waals surface area contributed by atoms with E-state index in [1.54, 1.807) is 18.1 Å². The van der Waals surface area contributed by atoms with E-state index in [0.29, 0.717) is 49.6 Å². The molecule has 4 aliphatic rings. The summed E-state index contributed by atoms with van der Waals surface area (Å²) < 4.78 is 46.8. The van der Waals surface area contributed by atoms with Gasteiger partial charge in [-0.1, -0.05) is 0 Å². The van der Waals surface area contributed by atoms with Gasteiger partial charge < -0.3 is 23.7 Å². The highest BCUT2D eigenvalue weighted by atomic mass is 32.2. The van der Waals surface area contributed by atoms with Crippen molar-refractivity contribution < 1.29 is 31.9 Å². The number of aryl methyl sites for hydroxylation is 2. The Balaban J connectivity index is 1.16. The van der Waals surface area contributed by atoms with Gasteiger partial charge in [0.2, 0.25) is 0 Å². The van der Waals surface area contributed by atoms with Crippen molar-refractivity contribution >= 4 is 38.7 Å². The van der Waals surface area contributed by atoms with Crippen LogP contribution in [0.25, 0.3) is 11.0 Å². The molecule has 1 N–H and O–H groups in total. The van der Waals surface area contributed by atoms with Gasteiger partial charge in [0.1, 0.15) is 11.3 Å². The average Bonchev–Trinajstić information content (AvgIpc) is 3.65. The molecule has 13 nitrogen and oxygen atoms in total. The molecule has 14 heteroatoms. The van der Waals surface area contributed by atoms with E-state index in [2.05, 4.69) is 27.6 Å². The zero-order valence-corrected chi connectivity index (χ0v) is 30.6. The van der Waals surface area contributed by atoms with Crippen LogP contribution in [0.5, 0.6) is 5.75 Å². The van der Waals surface area contributed by atoms with E-state index in [-0.39, 0.29) is 35.7 Å². The van der Waals surface area contributed by atoms with Gasteiger partial charge in [0.25, 0.3) is 11.8 Å². The van der Waals surface area contributed by atoms with Crippen LogP contribution < -0.4 is 20.0 Å². The zero-order valence-electron chi connectivity index (χ0n) is 29.8. The molecule has 4 heterocycles. The van der Waals surface area contributed by atoms with Gasteiger partial charge in [-0.3, -0.25) is 14.5 Å². The summed E-state index contributed by atoms with van der Waals surface area (Å²) in [5.41, 5.74) is 4.59. The molecular weight excluding hydrogens is 675 g/mol. The van der Waals surface area contributed by atoms with Gasteiger partial charge in [0, 0.05) is 74.1 Å². The molecule has 1 saturated carbocycles. The van der Waals surface area contributed by atoms with Crippen molar-refractivity contribution in [1.82, 2.24) is 18.8 Å². The predicted molar refractivity (Wildman–Crippen MR) is 193 cm³/mol. The lowest BCUT2D eigenvalue weighted by molar-refractivity contribution is 0.0731. The molecule has 274 valence electrons. The normalized spacial score (nSPS) is 20.4. The van der Waals surface area contributed by atoms with Gasteiger partial charge in [0.05, 0.1) is 30.9 Å². The van der Waals surface area contributed by atoms with E-state index >= 15 is 0 Å². The quantitative estimate of drug-likeness (QED) is 0.327. The lowest BCUT2D eigenvalue weighted by Crippen LogP contribution is -2.53. The molecule has 2 amide bonds. The van der Waals surface area contributed by atoms with Crippen molar-refractivity contribution in [2.75, 3.05) is 64.9 Å². The Kier molecular flexibility index (Phi) is 9.87. The van der Waals surface area contributed by atoms with E-state index in [9.17, 15) is 22.8 Å². The van der Waals surface area contributed by atoms with Crippen LogP contribution in [0.15, 0.2) is 33.5 Å². The summed E-state index contributed by atoms with van der Waals surface area (Å²) in [6.45, 7) is 8.29. The lowest BCUT2D eigenvalue weighted by Gasteiger charge is -2.41. The third-order valence-corrected chi connectivity index (χ3v) is 12.4. The fourth-order valence-electron chi connectivity index (χ4n) is 7.75. The molecule has 0 unspecified atom stereocenters. The third-order valence-electron chi connectivity index (χ3n) is 10.9. The molecule has 7 rings (SSSR count). The minimum Gasteiger partial charge on any atom is -0.490 e. The Labute approximate surface area is 298 Å². The maximum absolute atomic E-state index is 14.1. The summed E-state index contributed by atoms with van der Waals surface area (Å²) in [7, 11) is -0.202. The molecule has 3 aromatic rings. The first-order valence-electron chi connectivity index (χ1n) is 17.9. The number of carbonyl (C=O) groups is 2. The molecule has 0 bridgehead atoms. The SMILES string of the molecule is COC[C@H]1CN(c2cc(C)c3c4c(c(=O)oc3c2C)CN(C(=O)c2cc(OC3CCC3)cc(C(=O)NS(=O)(=O)N3CCCC3)c2)CC4)CCN1C. The molecule has 3 aliphatic heterocycles. The van der Waals surface area contributed by atoms with Crippen molar-refractivity contribution in [3.05, 3.63) is 68.1 Å². The molecule has 3 fully saturated rings. The highest BCUT2D eigenvalue weighted by Crippen LogP contribution is 2.36. The summed E-state index contributed by atoms with van der Waals surface area (Å²) in [5.74, 6) is -0.894. The molecule has 2 aromatic carbocycles. The third kappa shape index (κ3) is 6.98. The van der Waals surface area contributed by atoms with Gasteiger partial charge in [-0.15, -0.1) is 0 Å². The van der Waals surface area contributed by atoms with Gasteiger partial charge in [-0.05, 0) is 94.8 Å². The summed E-state index contributed by atoms with van der Waals surface area (Å²) in [6, 6.07) is 6.89. The first-order chi connectivity index (χ1) is 24.4. The predicted octanol–water partition coefficient (Wildman–Crippen LogP) is 3.38. The molecule has 1 aliphatic carbocycles. The van der Waals surface area contributed by atoms with Crippen LogP contribution in [0.1, 0.15) is 75.1 Å². The number of ether oxygens (including phenoxy) is 2. The number of anilines is 1.